The van der Waals surface area contributed by atoms with Gasteiger partial charge in [0.25, 0.3) is 5.56 Å². The van der Waals surface area contributed by atoms with Crippen LogP contribution in [0.4, 0.5) is 0 Å². The Kier molecular flexibility index (Phi) is 8.95. The number of hydrogen-bond donors (Lipinski definition) is 0. The number of thiazole rings is 1. The van der Waals surface area contributed by atoms with Crippen molar-refractivity contribution in [1.82, 2.24) is 4.57 Å². The van der Waals surface area contributed by atoms with E-state index in [1.165, 1.54) is 11.3 Å². The second-order valence-corrected chi connectivity index (χ2v) is 11.6. The van der Waals surface area contributed by atoms with E-state index in [4.69, 9.17) is 14.2 Å². The molecule has 38 heavy (non-hydrogen) atoms. The van der Waals surface area contributed by atoms with Crippen LogP contribution in [-0.4, -0.2) is 29.9 Å². The van der Waals surface area contributed by atoms with Gasteiger partial charge in [-0.1, -0.05) is 39.4 Å². The Labute approximate surface area is 241 Å². The summed E-state index contributed by atoms with van der Waals surface area (Å²) < 4.78 is 20.7. The van der Waals surface area contributed by atoms with Crippen LogP contribution in [0, 0.1) is 0 Å². The van der Waals surface area contributed by atoms with Gasteiger partial charge in [-0.2, -0.15) is 0 Å². The fourth-order valence-electron chi connectivity index (χ4n) is 4.23. The zero-order valence-electron chi connectivity index (χ0n) is 21.7. The lowest BCUT2D eigenvalue weighted by molar-refractivity contribution is -0.139. The molecule has 2 aromatic carbocycles. The van der Waals surface area contributed by atoms with E-state index in [-0.39, 0.29) is 18.3 Å². The smallest absolute Gasteiger partial charge is 0.338 e. The van der Waals surface area contributed by atoms with E-state index in [1.54, 1.807) is 24.5 Å². The highest BCUT2D eigenvalue weighted by Gasteiger charge is 2.33. The average Bonchev–Trinajstić information content (AvgIpc) is 3.15. The third-order valence-electron chi connectivity index (χ3n) is 5.70. The number of hydrogen-bond acceptors (Lipinski definition) is 7. The van der Waals surface area contributed by atoms with Crippen LogP contribution in [0.2, 0.25) is 0 Å². The molecular weight excluding hydrogens is 636 g/mol. The van der Waals surface area contributed by atoms with Crippen molar-refractivity contribution in [3.05, 3.63) is 87.4 Å². The van der Waals surface area contributed by atoms with Crippen molar-refractivity contribution in [3.8, 4) is 11.5 Å². The third-order valence-corrected chi connectivity index (χ3v) is 7.73. The van der Waals surface area contributed by atoms with E-state index in [2.05, 4.69) is 36.9 Å². The van der Waals surface area contributed by atoms with E-state index in [0.717, 1.165) is 20.1 Å². The second-order valence-electron chi connectivity index (χ2n) is 8.78. The molecule has 0 amide bonds. The fourth-order valence-corrected chi connectivity index (χ4v) is 6.64. The summed E-state index contributed by atoms with van der Waals surface area (Å²) in [6.45, 7) is 10.0. The Balaban J connectivity index is 1.93. The summed E-state index contributed by atoms with van der Waals surface area (Å²) in [5.41, 5.74) is 2.10. The predicted octanol–water partition coefficient (Wildman–Crippen LogP) is 5.51. The number of rotatable bonds is 8. The van der Waals surface area contributed by atoms with Crippen LogP contribution in [0.1, 0.15) is 51.8 Å². The van der Waals surface area contributed by atoms with E-state index >= 15 is 0 Å². The number of carbonyl (C=O) groups excluding carboxylic acids is 1. The summed E-state index contributed by atoms with van der Waals surface area (Å²) in [4.78, 5) is 32.2. The molecule has 1 aliphatic rings. The Bertz CT molecular complexity index is 1570. The summed E-state index contributed by atoms with van der Waals surface area (Å²) >= 11 is 8.34. The Morgan fingerprint density at radius 3 is 2.50 bits per heavy atom. The first-order chi connectivity index (χ1) is 18.1. The molecule has 10 heteroatoms. The molecule has 0 spiro atoms. The topological polar surface area (TPSA) is 79.1 Å². The fraction of sp³-hybridized carbons (Fsp3) is 0.321. The van der Waals surface area contributed by atoms with Crippen LogP contribution in [0.25, 0.3) is 6.08 Å². The van der Waals surface area contributed by atoms with E-state index in [0.29, 0.717) is 38.7 Å². The van der Waals surface area contributed by atoms with Crippen molar-refractivity contribution in [2.45, 2.75) is 46.8 Å². The molecule has 0 saturated heterocycles. The number of fused-ring (bicyclic) bond motifs is 1. The number of ether oxygens (including phenoxy) is 3. The maximum Gasteiger partial charge on any atom is 0.338 e. The molecule has 0 N–H and O–H groups in total. The molecule has 0 saturated carbocycles. The number of carbonyl (C=O) groups is 1. The quantitative estimate of drug-likeness (QED) is 0.297. The zero-order valence-corrected chi connectivity index (χ0v) is 25.7. The normalized spacial score (nSPS) is 15.4. The monoisotopic (exact) mass is 662 g/mol. The number of allylic oxidation sites excluding steroid dienone is 1. The zero-order chi connectivity index (χ0) is 27.6. The molecule has 1 aromatic heterocycles. The summed E-state index contributed by atoms with van der Waals surface area (Å²) in [5, 5.41) is 0. The van der Waals surface area contributed by atoms with E-state index in [9.17, 15) is 9.59 Å². The van der Waals surface area contributed by atoms with Crippen molar-refractivity contribution >= 4 is 55.2 Å². The number of halogens is 2. The molecule has 0 bridgehead atoms. The number of benzene rings is 2. The van der Waals surface area contributed by atoms with Gasteiger partial charge in [0.05, 0.1) is 45.6 Å². The highest BCUT2D eigenvalue weighted by Crippen LogP contribution is 2.34. The van der Waals surface area contributed by atoms with E-state index in [1.807, 2.05) is 57.2 Å². The first-order valence-corrected chi connectivity index (χ1v) is 14.6. The van der Waals surface area contributed by atoms with Crippen LogP contribution in [0.5, 0.6) is 11.5 Å². The number of aromatic nitrogens is 1. The summed E-state index contributed by atoms with van der Waals surface area (Å²) in [7, 11) is 0. The van der Waals surface area contributed by atoms with Crippen LogP contribution >= 0.6 is 43.2 Å². The van der Waals surface area contributed by atoms with Gasteiger partial charge in [-0.3, -0.25) is 9.36 Å². The van der Waals surface area contributed by atoms with Crippen molar-refractivity contribution in [1.29, 1.82) is 0 Å². The van der Waals surface area contributed by atoms with Crippen molar-refractivity contribution in [3.63, 3.8) is 0 Å². The molecule has 4 rings (SSSR count). The van der Waals surface area contributed by atoms with Gasteiger partial charge in [-0.05, 0) is 86.5 Å². The van der Waals surface area contributed by atoms with Gasteiger partial charge in [0.15, 0.2) is 4.80 Å². The van der Waals surface area contributed by atoms with Crippen molar-refractivity contribution in [2.75, 3.05) is 13.2 Å². The van der Waals surface area contributed by atoms with Crippen LogP contribution in [0.15, 0.2) is 66.4 Å². The SMILES string of the molecule is CCOC(=O)C1=C(C)N=c2s/c(=C\c3cc(Br)cc(Br)c3OCC)c(=O)n2[C@H]1c1ccc(OC(C)C)cc1. The van der Waals surface area contributed by atoms with Gasteiger partial charge in [0.1, 0.15) is 11.5 Å². The maximum atomic E-state index is 13.9. The minimum absolute atomic E-state index is 0.0235. The third kappa shape index (κ3) is 5.82. The van der Waals surface area contributed by atoms with Crippen LogP contribution in [-0.2, 0) is 9.53 Å². The summed E-state index contributed by atoms with van der Waals surface area (Å²) in [6.07, 6.45) is 1.82. The Hall–Kier alpha value is -2.69. The molecule has 1 aliphatic heterocycles. The largest absolute Gasteiger partial charge is 0.492 e. The first kappa shape index (κ1) is 28.3. The maximum absolute atomic E-state index is 13.9. The van der Waals surface area contributed by atoms with Gasteiger partial charge in [-0.15, -0.1) is 0 Å². The average molecular weight is 664 g/mol. The minimum Gasteiger partial charge on any atom is -0.492 e. The molecule has 0 unspecified atom stereocenters. The van der Waals surface area contributed by atoms with E-state index < -0.39 is 12.0 Å². The summed E-state index contributed by atoms with van der Waals surface area (Å²) in [6, 6.07) is 10.5. The minimum atomic E-state index is -0.693. The molecule has 2 heterocycles. The second kappa shape index (κ2) is 12.0. The summed E-state index contributed by atoms with van der Waals surface area (Å²) in [5.74, 6) is 0.852. The Morgan fingerprint density at radius 2 is 1.87 bits per heavy atom. The molecule has 3 aromatic rings. The number of esters is 1. The lowest BCUT2D eigenvalue weighted by atomic mass is 9.96. The molecule has 0 fully saturated rings. The van der Waals surface area contributed by atoms with Crippen molar-refractivity contribution < 1.29 is 19.0 Å². The lowest BCUT2D eigenvalue weighted by Crippen LogP contribution is -2.39. The predicted molar refractivity (Wildman–Crippen MR) is 156 cm³/mol. The molecule has 0 radical (unpaired) electrons. The van der Waals surface area contributed by atoms with Crippen LogP contribution < -0.4 is 24.4 Å². The highest BCUT2D eigenvalue weighted by molar-refractivity contribution is 9.11. The highest BCUT2D eigenvalue weighted by atomic mass is 79.9. The van der Waals surface area contributed by atoms with Crippen molar-refractivity contribution in [2.24, 2.45) is 4.99 Å². The molecular formula is C28H28Br2N2O5S. The van der Waals surface area contributed by atoms with Gasteiger partial charge in [0, 0.05) is 10.0 Å². The van der Waals surface area contributed by atoms with Gasteiger partial charge >= 0.3 is 5.97 Å². The van der Waals surface area contributed by atoms with Gasteiger partial charge in [-0.25, -0.2) is 9.79 Å². The first-order valence-electron chi connectivity index (χ1n) is 12.2. The number of nitrogens with zero attached hydrogens (tertiary/aromatic N) is 2. The molecule has 1 atom stereocenters. The molecule has 200 valence electrons. The van der Waals surface area contributed by atoms with Gasteiger partial charge < -0.3 is 14.2 Å². The molecule has 0 aliphatic carbocycles. The van der Waals surface area contributed by atoms with Gasteiger partial charge in [0.2, 0.25) is 0 Å². The Morgan fingerprint density at radius 1 is 1.16 bits per heavy atom. The molecule has 7 nitrogen and oxygen atoms in total. The lowest BCUT2D eigenvalue weighted by Gasteiger charge is -2.25. The standard InChI is InChI=1S/C28H28Br2N2O5S/c1-6-35-25-18(12-19(29)14-21(25)30)13-22-26(33)32-24(17-8-10-20(11-9-17)37-15(3)4)23(27(34)36-7-2)16(5)31-28(32)38-22/h8-15,24H,6-7H2,1-5H3/b22-13-/t24-/m0/s1. The van der Waals surface area contributed by atoms with Crippen LogP contribution in [0.3, 0.4) is 0 Å².